The third-order valence-corrected chi connectivity index (χ3v) is 8.11. The second kappa shape index (κ2) is 11.5. The van der Waals surface area contributed by atoms with Crippen LogP contribution in [0.25, 0.3) is 11.1 Å². The molecule has 1 saturated heterocycles. The van der Waals surface area contributed by atoms with Gasteiger partial charge < -0.3 is 15.2 Å². The quantitative estimate of drug-likeness (QED) is 0.262. The van der Waals surface area contributed by atoms with E-state index in [1.54, 1.807) is 24.3 Å². The van der Waals surface area contributed by atoms with Crippen molar-refractivity contribution in [3.8, 4) is 11.1 Å². The number of carbonyl (C=O) groups excluding carboxylic acids is 2. The highest BCUT2D eigenvalue weighted by molar-refractivity contribution is 6.04. The SMILES string of the molecule is O=C(Nc1ccccc1C(=O)NC1(C(=O)O)CCN(Cc2ccccc2)C1)OCC1c2ccccc2-c2ccccc21. The van der Waals surface area contributed by atoms with Gasteiger partial charge in [-0.15, -0.1) is 0 Å². The van der Waals surface area contributed by atoms with Crippen molar-refractivity contribution in [1.29, 1.82) is 0 Å². The average molecular weight is 562 g/mol. The van der Waals surface area contributed by atoms with Crippen LogP contribution in [0.15, 0.2) is 103 Å². The largest absolute Gasteiger partial charge is 0.479 e. The number of amides is 2. The predicted molar refractivity (Wildman–Crippen MR) is 159 cm³/mol. The van der Waals surface area contributed by atoms with E-state index in [9.17, 15) is 19.5 Å². The molecule has 1 heterocycles. The van der Waals surface area contributed by atoms with E-state index in [1.807, 2.05) is 71.6 Å². The Morgan fingerprint density at radius 3 is 2.14 bits per heavy atom. The summed E-state index contributed by atoms with van der Waals surface area (Å²) in [4.78, 5) is 40.8. The highest BCUT2D eigenvalue weighted by Crippen LogP contribution is 2.44. The Morgan fingerprint density at radius 2 is 1.45 bits per heavy atom. The first kappa shape index (κ1) is 27.2. The Morgan fingerprint density at radius 1 is 0.833 bits per heavy atom. The lowest BCUT2D eigenvalue weighted by Crippen LogP contribution is -2.56. The fraction of sp³-hybridized carbons (Fsp3) is 0.206. The summed E-state index contributed by atoms with van der Waals surface area (Å²) in [5.74, 6) is -1.76. The van der Waals surface area contributed by atoms with Crippen LogP contribution in [0.4, 0.5) is 10.5 Å². The molecule has 6 rings (SSSR count). The Bertz CT molecular complexity index is 1590. The van der Waals surface area contributed by atoms with E-state index in [0.29, 0.717) is 13.1 Å². The van der Waals surface area contributed by atoms with Gasteiger partial charge in [0.25, 0.3) is 5.91 Å². The lowest BCUT2D eigenvalue weighted by Gasteiger charge is -2.27. The molecule has 2 amide bonds. The predicted octanol–water partition coefficient (Wildman–Crippen LogP) is 5.51. The molecule has 4 aromatic rings. The molecule has 3 N–H and O–H groups in total. The maximum atomic E-state index is 13.4. The fourth-order valence-corrected chi connectivity index (χ4v) is 6.01. The second-order valence-electron chi connectivity index (χ2n) is 10.8. The zero-order valence-electron chi connectivity index (χ0n) is 23.0. The molecule has 0 saturated carbocycles. The van der Waals surface area contributed by atoms with Crippen molar-refractivity contribution < 1.29 is 24.2 Å². The molecule has 42 heavy (non-hydrogen) atoms. The number of anilines is 1. The van der Waals surface area contributed by atoms with E-state index in [0.717, 1.165) is 27.8 Å². The van der Waals surface area contributed by atoms with Crippen molar-refractivity contribution in [3.63, 3.8) is 0 Å². The van der Waals surface area contributed by atoms with Crippen molar-refractivity contribution in [2.45, 2.75) is 24.4 Å². The number of carbonyl (C=O) groups is 3. The Hall–Kier alpha value is -4.95. The number of ether oxygens (including phenoxy) is 1. The minimum Gasteiger partial charge on any atom is -0.479 e. The van der Waals surface area contributed by atoms with Gasteiger partial charge in [-0.1, -0.05) is 91.0 Å². The summed E-state index contributed by atoms with van der Waals surface area (Å²) in [7, 11) is 0. The van der Waals surface area contributed by atoms with Crippen molar-refractivity contribution in [2.75, 3.05) is 25.0 Å². The summed E-state index contributed by atoms with van der Waals surface area (Å²) in [6.07, 6.45) is -0.428. The number of nitrogens with zero attached hydrogens (tertiary/aromatic N) is 1. The number of para-hydroxylation sites is 1. The first-order valence-corrected chi connectivity index (χ1v) is 14.0. The minimum absolute atomic E-state index is 0.0988. The van der Waals surface area contributed by atoms with E-state index in [2.05, 4.69) is 22.8 Å². The van der Waals surface area contributed by atoms with E-state index in [4.69, 9.17) is 4.74 Å². The molecule has 2 aliphatic rings. The summed E-state index contributed by atoms with van der Waals surface area (Å²) in [6.45, 7) is 1.42. The van der Waals surface area contributed by atoms with Gasteiger partial charge in [0.1, 0.15) is 6.61 Å². The summed E-state index contributed by atoms with van der Waals surface area (Å²) in [6, 6.07) is 32.5. The topological polar surface area (TPSA) is 108 Å². The zero-order chi connectivity index (χ0) is 29.1. The number of aliphatic carboxylic acids is 1. The fourth-order valence-electron chi connectivity index (χ4n) is 6.01. The van der Waals surface area contributed by atoms with E-state index in [-0.39, 0.29) is 36.7 Å². The van der Waals surface area contributed by atoms with Crippen LogP contribution in [0.3, 0.4) is 0 Å². The third kappa shape index (κ3) is 5.36. The van der Waals surface area contributed by atoms with Gasteiger partial charge in [-0.3, -0.25) is 15.0 Å². The van der Waals surface area contributed by atoms with Crippen LogP contribution in [0.5, 0.6) is 0 Å². The summed E-state index contributed by atoms with van der Waals surface area (Å²) >= 11 is 0. The lowest BCUT2D eigenvalue weighted by atomic mass is 9.97. The van der Waals surface area contributed by atoms with Gasteiger partial charge in [-0.05, 0) is 46.4 Å². The molecule has 1 atom stereocenters. The highest BCUT2D eigenvalue weighted by atomic mass is 16.5. The van der Waals surface area contributed by atoms with Crippen molar-refractivity contribution >= 4 is 23.7 Å². The first-order chi connectivity index (χ1) is 20.4. The van der Waals surface area contributed by atoms with Crippen LogP contribution >= 0.6 is 0 Å². The molecule has 1 unspecified atom stereocenters. The number of rotatable bonds is 8. The van der Waals surface area contributed by atoms with E-state index < -0.39 is 23.5 Å². The van der Waals surface area contributed by atoms with E-state index >= 15 is 0 Å². The van der Waals surface area contributed by atoms with Gasteiger partial charge in [0.15, 0.2) is 5.54 Å². The van der Waals surface area contributed by atoms with Gasteiger partial charge in [0, 0.05) is 25.6 Å². The van der Waals surface area contributed by atoms with Crippen molar-refractivity contribution in [3.05, 3.63) is 125 Å². The second-order valence-corrected chi connectivity index (χ2v) is 10.8. The molecule has 0 aromatic heterocycles. The molecule has 212 valence electrons. The number of hydrogen-bond acceptors (Lipinski definition) is 5. The van der Waals surface area contributed by atoms with Crippen LogP contribution in [-0.4, -0.2) is 53.2 Å². The molecule has 1 aliphatic heterocycles. The Kier molecular flexibility index (Phi) is 7.46. The maximum absolute atomic E-state index is 13.4. The molecule has 1 fully saturated rings. The maximum Gasteiger partial charge on any atom is 0.411 e. The number of carboxylic acids is 1. The van der Waals surface area contributed by atoms with Crippen molar-refractivity contribution in [2.24, 2.45) is 0 Å². The van der Waals surface area contributed by atoms with Crippen LogP contribution in [0, 0.1) is 0 Å². The number of hydrogen-bond donors (Lipinski definition) is 3. The van der Waals surface area contributed by atoms with Gasteiger partial charge in [0.2, 0.25) is 0 Å². The average Bonchev–Trinajstić information content (AvgIpc) is 3.56. The van der Waals surface area contributed by atoms with Crippen LogP contribution < -0.4 is 10.6 Å². The summed E-state index contributed by atoms with van der Waals surface area (Å²) in [5.41, 5.74) is 4.49. The number of likely N-dealkylation sites (tertiary alicyclic amines) is 1. The van der Waals surface area contributed by atoms with Gasteiger partial charge >= 0.3 is 12.1 Å². The van der Waals surface area contributed by atoms with E-state index in [1.165, 1.54) is 0 Å². The van der Waals surface area contributed by atoms with Crippen LogP contribution in [0.2, 0.25) is 0 Å². The number of carboxylic acid groups (broad SMARTS) is 1. The van der Waals surface area contributed by atoms with Crippen molar-refractivity contribution in [1.82, 2.24) is 10.2 Å². The number of benzene rings is 4. The molecule has 0 radical (unpaired) electrons. The number of nitrogens with one attached hydrogen (secondary N) is 2. The highest BCUT2D eigenvalue weighted by Gasteiger charge is 2.46. The summed E-state index contributed by atoms with van der Waals surface area (Å²) < 4.78 is 5.66. The van der Waals surface area contributed by atoms with Crippen LogP contribution in [-0.2, 0) is 16.1 Å². The van der Waals surface area contributed by atoms with Gasteiger partial charge in [-0.2, -0.15) is 0 Å². The molecule has 4 aromatic carbocycles. The monoisotopic (exact) mass is 561 g/mol. The summed E-state index contributed by atoms with van der Waals surface area (Å²) in [5, 5.41) is 15.6. The first-order valence-electron chi connectivity index (χ1n) is 14.0. The normalized spacial score (nSPS) is 17.7. The smallest absolute Gasteiger partial charge is 0.411 e. The minimum atomic E-state index is -1.44. The third-order valence-electron chi connectivity index (χ3n) is 8.11. The zero-order valence-corrected chi connectivity index (χ0v) is 23.0. The Labute approximate surface area is 243 Å². The molecule has 0 bridgehead atoms. The van der Waals surface area contributed by atoms with Gasteiger partial charge in [0.05, 0.1) is 11.3 Å². The number of fused-ring (bicyclic) bond motifs is 3. The molecule has 8 heteroatoms. The lowest BCUT2D eigenvalue weighted by molar-refractivity contribution is -0.144. The van der Waals surface area contributed by atoms with Crippen LogP contribution in [0.1, 0.15) is 39.4 Å². The molecule has 1 aliphatic carbocycles. The Balaban J connectivity index is 1.12. The molecule has 8 nitrogen and oxygen atoms in total. The molecule has 0 spiro atoms. The van der Waals surface area contributed by atoms with Gasteiger partial charge in [-0.25, -0.2) is 9.59 Å². The standard InChI is InChI=1S/C34H31N3O5/c38-31(36-34(32(39)40)18-19-37(22-34)20-23-10-2-1-3-11-23)28-16-8-9-17-30(28)35-33(41)42-21-29-26-14-6-4-12-24(26)25-13-5-7-15-27(25)29/h1-17,29H,18-22H2,(H,35,41)(H,36,38)(H,39,40). The molecular weight excluding hydrogens is 530 g/mol. The molecular formula is C34H31N3O5.